The van der Waals surface area contributed by atoms with Crippen molar-refractivity contribution in [2.45, 2.75) is 33.2 Å². The fourth-order valence-corrected chi connectivity index (χ4v) is 3.34. The van der Waals surface area contributed by atoms with Crippen molar-refractivity contribution in [2.75, 3.05) is 18.9 Å². The highest BCUT2D eigenvalue weighted by atomic mass is 16.5. The fourth-order valence-electron chi connectivity index (χ4n) is 3.34. The van der Waals surface area contributed by atoms with Gasteiger partial charge in [-0.1, -0.05) is 6.92 Å². The van der Waals surface area contributed by atoms with Crippen LogP contribution in [0, 0.1) is 6.92 Å². The van der Waals surface area contributed by atoms with Crippen molar-refractivity contribution >= 4 is 28.4 Å². The average Bonchev–Trinajstić information content (AvgIpc) is 3.06. The number of nitrogens with one attached hydrogen (secondary N) is 3. The van der Waals surface area contributed by atoms with Crippen LogP contribution in [0.25, 0.3) is 10.9 Å². The average molecular weight is 410 g/mol. The zero-order valence-corrected chi connectivity index (χ0v) is 17.3. The van der Waals surface area contributed by atoms with E-state index >= 15 is 0 Å². The van der Waals surface area contributed by atoms with Crippen LogP contribution in [0.1, 0.15) is 40.8 Å². The molecule has 2 aromatic heterocycles. The van der Waals surface area contributed by atoms with E-state index in [1.165, 1.54) is 11.8 Å². The van der Waals surface area contributed by atoms with Gasteiger partial charge in [0.2, 0.25) is 5.91 Å². The number of hydroxylamine groups is 1. The fraction of sp³-hybridized carbons (Fsp3) is 0.333. The summed E-state index contributed by atoms with van der Waals surface area (Å²) in [5.74, 6) is -0.700. The van der Waals surface area contributed by atoms with Crippen molar-refractivity contribution in [3.8, 4) is 0 Å². The van der Waals surface area contributed by atoms with Crippen molar-refractivity contribution in [1.82, 2.24) is 25.3 Å². The molecule has 0 unspecified atom stereocenters. The summed E-state index contributed by atoms with van der Waals surface area (Å²) in [5, 5.41) is 12.7. The van der Waals surface area contributed by atoms with Gasteiger partial charge in [0, 0.05) is 48.0 Å². The number of rotatable bonds is 8. The van der Waals surface area contributed by atoms with Gasteiger partial charge in [-0.2, -0.15) is 0 Å². The maximum absolute atomic E-state index is 11.7. The standard InChI is InChI=1S/C21H26N6O3/c1-4-20(28)25-14-5-6-18-17(9-14)16(13(2)23-18)7-8-27(3)12-15-10-22-11-19(24-15)21(29)26-30/h5-6,9-11,23,30H,4,7-8,12H2,1-3H3,(H,25,28)(H,26,29). The van der Waals surface area contributed by atoms with Crippen LogP contribution in [0.5, 0.6) is 0 Å². The van der Waals surface area contributed by atoms with Crippen molar-refractivity contribution in [2.24, 2.45) is 0 Å². The summed E-state index contributed by atoms with van der Waals surface area (Å²) in [7, 11) is 1.97. The number of hydrogen-bond donors (Lipinski definition) is 4. The Balaban J connectivity index is 1.70. The van der Waals surface area contributed by atoms with E-state index in [1.807, 2.05) is 39.1 Å². The number of carbonyl (C=O) groups is 2. The molecule has 3 aromatic rings. The summed E-state index contributed by atoms with van der Waals surface area (Å²) < 4.78 is 0. The number of aryl methyl sites for hydroxylation is 1. The first kappa shape index (κ1) is 21.4. The molecule has 0 aliphatic carbocycles. The Morgan fingerprint density at radius 1 is 1.27 bits per heavy atom. The molecule has 1 aromatic carbocycles. The Morgan fingerprint density at radius 3 is 2.80 bits per heavy atom. The maximum atomic E-state index is 11.7. The zero-order valence-electron chi connectivity index (χ0n) is 17.3. The molecule has 30 heavy (non-hydrogen) atoms. The first-order chi connectivity index (χ1) is 14.4. The predicted molar refractivity (Wildman–Crippen MR) is 113 cm³/mol. The Labute approximate surface area is 174 Å². The second-order valence-corrected chi connectivity index (χ2v) is 7.22. The van der Waals surface area contributed by atoms with Gasteiger partial charge < -0.3 is 15.2 Å². The van der Waals surface area contributed by atoms with E-state index in [0.717, 1.165) is 35.2 Å². The Kier molecular flexibility index (Phi) is 6.76. The molecule has 0 radical (unpaired) electrons. The first-order valence-electron chi connectivity index (χ1n) is 9.76. The Bertz CT molecular complexity index is 1060. The van der Waals surface area contributed by atoms with Crippen LogP contribution >= 0.6 is 0 Å². The molecule has 9 heteroatoms. The van der Waals surface area contributed by atoms with Crippen molar-refractivity contribution < 1.29 is 14.8 Å². The number of H-pyrrole nitrogens is 1. The van der Waals surface area contributed by atoms with E-state index in [9.17, 15) is 9.59 Å². The molecule has 0 bridgehead atoms. The molecule has 9 nitrogen and oxygen atoms in total. The molecule has 0 aliphatic heterocycles. The third kappa shape index (κ3) is 5.00. The summed E-state index contributed by atoms with van der Waals surface area (Å²) in [6, 6.07) is 5.88. The molecule has 0 aliphatic rings. The number of aromatic amines is 1. The van der Waals surface area contributed by atoms with Gasteiger partial charge in [-0.15, -0.1) is 0 Å². The summed E-state index contributed by atoms with van der Waals surface area (Å²) >= 11 is 0. The van der Waals surface area contributed by atoms with Gasteiger partial charge in [-0.25, -0.2) is 10.5 Å². The van der Waals surface area contributed by atoms with Crippen LogP contribution < -0.4 is 10.8 Å². The number of aromatic nitrogens is 3. The predicted octanol–water partition coefficient (Wildman–Crippen LogP) is 2.41. The maximum Gasteiger partial charge on any atom is 0.294 e. The molecule has 4 N–H and O–H groups in total. The highest BCUT2D eigenvalue weighted by Gasteiger charge is 2.13. The normalized spacial score (nSPS) is 11.1. The van der Waals surface area contributed by atoms with E-state index in [0.29, 0.717) is 18.7 Å². The van der Waals surface area contributed by atoms with Gasteiger partial charge in [-0.3, -0.25) is 19.8 Å². The monoisotopic (exact) mass is 410 g/mol. The van der Waals surface area contributed by atoms with Crippen molar-refractivity contribution in [3.63, 3.8) is 0 Å². The Hall–Kier alpha value is -3.30. The second-order valence-electron chi connectivity index (χ2n) is 7.22. The molecule has 0 saturated heterocycles. The molecule has 2 amide bonds. The van der Waals surface area contributed by atoms with Gasteiger partial charge in [-0.05, 0) is 44.2 Å². The van der Waals surface area contributed by atoms with Crippen LogP contribution in [0.15, 0.2) is 30.6 Å². The lowest BCUT2D eigenvalue weighted by Gasteiger charge is -2.16. The number of amides is 2. The number of nitrogens with zero attached hydrogens (tertiary/aromatic N) is 3. The third-order valence-corrected chi connectivity index (χ3v) is 4.92. The number of hydrogen-bond acceptors (Lipinski definition) is 6. The summed E-state index contributed by atoms with van der Waals surface area (Å²) in [4.78, 5) is 36.9. The molecular formula is C21H26N6O3. The minimum absolute atomic E-state index is 0.0129. The van der Waals surface area contributed by atoms with E-state index in [4.69, 9.17) is 5.21 Å². The SMILES string of the molecule is CCC(=O)Nc1ccc2[nH]c(C)c(CCN(C)Cc3cncc(C(=O)NO)n3)c2c1. The van der Waals surface area contributed by atoms with Gasteiger partial charge in [0.05, 0.1) is 11.9 Å². The zero-order chi connectivity index (χ0) is 21.7. The van der Waals surface area contributed by atoms with Crippen LogP contribution in [0.4, 0.5) is 5.69 Å². The van der Waals surface area contributed by atoms with Crippen LogP contribution in [0.3, 0.4) is 0 Å². The van der Waals surface area contributed by atoms with Crippen molar-refractivity contribution in [3.05, 3.63) is 53.2 Å². The van der Waals surface area contributed by atoms with Gasteiger partial charge in [0.25, 0.3) is 5.91 Å². The second kappa shape index (κ2) is 9.47. The Morgan fingerprint density at radius 2 is 2.07 bits per heavy atom. The lowest BCUT2D eigenvalue weighted by molar-refractivity contribution is -0.115. The van der Waals surface area contributed by atoms with Crippen LogP contribution in [-0.2, 0) is 17.8 Å². The van der Waals surface area contributed by atoms with Crippen molar-refractivity contribution in [1.29, 1.82) is 0 Å². The lowest BCUT2D eigenvalue weighted by atomic mass is 10.1. The summed E-state index contributed by atoms with van der Waals surface area (Å²) in [5.41, 5.74) is 6.39. The lowest BCUT2D eigenvalue weighted by Crippen LogP contribution is -2.24. The molecular weight excluding hydrogens is 384 g/mol. The quantitative estimate of drug-likeness (QED) is 0.334. The number of anilines is 1. The molecule has 0 atom stereocenters. The van der Waals surface area contributed by atoms with E-state index in [1.54, 1.807) is 11.7 Å². The number of fused-ring (bicyclic) bond motifs is 1. The summed E-state index contributed by atoms with van der Waals surface area (Å²) in [6.45, 7) is 5.14. The molecule has 0 fully saturated rings. The third-order valence-electron chi connectivity index (χ3n) is 4.92. The van der Waals surface area contributed by atoms with E-state index in [2.05, 4.69) is 25.2 Å². The number of carbonyl (C=O) groups excluding carboxylic acids is 2. The minimum atomic E-state index is -0.688. The smallest absolute Gasteiger partial charge is 0.294 e. The highest BCUT2D eigenvalue weighted by Crippen LogP contribution is 2.26. The van der Waals surface area contributed by atoms with Crippen LogP contribution in [0.2, 0.25) is 0 Å². The van der Waals surface area contributed by atoms with Gasteiger partial charge in [0.1, 0.15) is 5.69 Å². The van der Waals surface area contributed by atoms with E-state index < -0.39 is 5.91 Å². The molecule has 0 spiro atoms. The van der Waals surface area contributed by atoms with Crippen LogP contribution in [-0.4, -0.2) is 50.5 Å². The first-order valence-corrected chi connectivity index (χ1v) is 9.76. The highest BCUT2D eigenvalue weighted by molar-refractivity contribution is 5.95. The minimum Gasteiger partial charge on any atom is -0.358 e. The molecule has 3 rings (SSSR count). The topological polar surface area (TPSA) is 123 Å². The van der Waals surface area contributed by atoms with E-state index in [-0.39, 0.29) is 11.6 Å². The van der Waals surface area contributed by atoms with Gasteiger partial charge in [0.15, 0.2) is 0 Å². The number of likely N-dealkylation sites (N-methyl/N-ethyl adjacent to an activating group) is 1. The molecule has 158 valence electrons. The molecule has 2 heterocycles. The summed E-state index contributed by atoms with van der Waals surface area (Å²) in [6.07, 6.45) is 4.15. The molecule has 0 saturated carbocycles. The van der Waals surface area contributed by atoms with Gasteiger partial charge >= 0.3 is 0 Å². The number of benzene rings is 1. The largest absolute Gasteiger partial charge is 0.358 e.